The molecule has 1 aromatic carbocycles. The van der Waals surface area contributed by atoms with Crippen molar-refractivity contribution >= 4 is 43.7 Å². The van der Waals surface area contributed by atoms with Crippen LogP contribution in [0.15, 0.2) is 21.1 Å². The van der Waals surface area contributed by atoms with Crippen molar-refractivity contribution in [3.8, 4) is 11.8 Å². The predicted molar refractivity (Wildman–Crippen MR) is 93.1 cm³/mol. The highest BCUT2D eigenvalue weighted by Crippen LogP contribution is 2.34. The first kappa shape index (κ1) is 25.2. The van der Waals surface area contributed by atoms with Gasteiger partial charge in [0.2, 0.25) is 0 Å². The lowest BCUT2D eigenvalue weighted by atomic mass is 10.1. The Labute approximate surface area is 169 Å². The third-order valence-corrected chi connectivity index (χ3v) is 3.89. The van der Waals surface area contributed by atoms with Gasteiger partial charge in [-0.2, -0.15) is 18.4 Å². The number of hydrogen-bond acceptors (Lipinski definition) is 5. The quantitative estimate of drug-likeness (QED) is 0.405. The van der Waals surface area contributed by atoms with Crippen LogP contribution in [0.25, 0.3) is 0 Å². The molecular weight excluding hydrogens is 503 g/mol. The van der Waals surface area contributed by atoms with E-state index in [4.69, 9.17) is 19.9 Å². The predicted octanol–water partition coefficient (Wildman–Crippen LogP) is 0.703. The fourth-order valence-corrected chi connectivity index (χ4v) is 3.10. The number of benzene rings is 1. The number of carbonyl (C=O) groups is 2. The Balaban J connectivity index is 0.000000821. The number of halogens is 5. The Hall–Kier alpha value is -1.84. The molecule has 0 saturated heterocycles. The van der Waals surface area contributed by atoms with E-state index in [1.165, 1.54) is 11.6 Å². The lowest BCUT2D eigenvalue weighted by Crippen LogP contribution is -2.51. The average molecular weight is 519 g/mol. The van der Waals surface area contributed by atoms with Crippen LogP contribution in [0.5, 0.6) is 5.75 Å². The molecule has 27 heavy (non-hydrogen) atoms. The maximum atomic E-state index is 10.7. The van der Waals surface area contributed by atoms with Crippen molar-refractivity contribution in [1.82, 2.24) is 5.32 Å². The number of amides is 1. The smallest absolute Gasteiger partial charge is 0.430 e. The van der Waals surface area contributed by atoms with Gasteiger partial charge in [0, 0.05) is 13.0 Å². The molecule has 1 rings (SSSR count). The molecule has 0 unspecified atom stereocenters. The van der Waals surface area contributed by atoms with Crippen LogP contribution in [0.4, 0.5) is 13.2 Å². The molecule has 0 aliphatic heterocycles. The summed E-state index contributed by atoms with van der Waals surface area (Å²) in [5.74, 6) is -2.89. The molecule has 0 aliphatic carbocycles. The zero-order chi connectivity index (χ0) is 21.0. The van der Waals surface area contributed by atoms with Crippen molar-refractivity contribution in [2.45, 2.75) is 19.0 Å². The Morgan fingerprint density at radius 3 is 2.22 bits per heavy atom. The number of carboxylic acids is 1. The van der Waals surface area contributed by atoms with E-state index in [2.05, 4.69) is 42.9 Å². The van der Waals surface area contributed by atoms with E-state index in [0.29, 0.717) is 19.6 Å². The monoisotopic (exact) mass is 517 g/mol. The van der Waals surface area contributed by atoms with Crippen LogP contribution < -0.4 is 20.9 Å². The van der Waals surface area contributed by atoms with Crippen molar-refractivity contribution in [1.29, 1.82) is 5.26 Å². The van der Waals surface area contributed by atoms with E-state index in [1.54, 1.807) is 0 Å². The summed E-state index contributed by atoms with van der Waals surface area (Å²) in [4.78, 5) is 19.5. The van der Waals surface area contributed by atoms with Gasteiger partial charge in [0.15, 0.2) is 6.07 Å². The minimum Gasteiger partial charge on any atom is -0.542 e. The number of hydrogen-bond donors (Lipinski definition) is 2. The lowest BCUT2D eigenvalue weighted by molar-refractivity contribution is -0.366. The van der Waals surface area contributed by atoms with Gasteiger partial charge in [0.05, 0.1) is 22.1 Å². The summed E-state index contributed by atoms with van der Waals surface area (Å²) in [7, 11) is 0. The number of rotatable bonds is 7. The molecule has 0 heterocycles. The van der Waals surface area contributed by atoms with E-state index in [9.17, 15) is 18.0 Å². The number of carbonyl (C=O) groups excluding carboxylic acids is 2. The van der Waals surface area contributed by atoms with Gasteiger partial charge in [-0.05, 0) is 56.0 Å². The number of ether oxygens (including phenoxy) is 1. The highest BCUT2D eigenvalue weighted by Gasteiger charge is 2.28. The van der Waals surface area contributed by atoms with Gasteiger partial charge in [0.25, 0.3) is 0 Å². The van der Waals surface area contributed by atoms with Crippen LogP contribution in [-0.4, -0.2) is 37.7 Å². The van der Waals surface area contributed by atoms with Crippen LogP contribution in [0, 0.1) is 11.3 Å². The van der Waals surface area contributed by atoms with Gasteiger partial charge in [-0.25, -0.2) is 0 Å². The summed E-state index contributed by atoms with van der Waals surface area (Å²) >= 11 is 6.97. The molecule has 0 aliphatic rings. The van der Waals surface area contributed by atoms with Crippen molar-refractivity contribution in [2.24, 2.45) is 0 Å². The fourth-order valence-electron chi connectivity index (χ4n) is 1.59. The molecule has 0 spiro atoms. The minimum atomic E-state index is -5.19. The van der Waals surface area contributed by atoms with Gasteiger partial charge in [-0.1, -0.05) is 0 Å². The van der Waals surface area contributed by atoms with E-state index < -0.39 is 18.1 Å². The van der Waals surface area contributed by atoms with Crippen molar-refractivity contribution in [3.05, 3.63) is 26.6 Å². The van der Waals surface area contributed by atoms with Gasteiger partial charge >= 0.3 is 12.1 Å². The third-order valence-electron chi connectivity index (χ3n) is 2.71. The molecule has 0 fully saturated rings. The zero-order valence-corrected chi connectivity index (χ0v) is 17.0. The standard InChI is InChI=1S/C13H15Br2N3O2.C2HF3O2/c14-10-6-9(2-3-16)7-11(15)13(10)20-5-1-4-18-12(19)8-17;3-2(4,5)1(6)7/h6-7H,1-5,16H2,(H,18,19);(H,6,7). The van der Waals surface area contributed by atoms with E-state index >= 15 is 0 Å². The topological polar surface area (TPSA) is 130 Å². The van der Waals surface area contributed by atoms with E-state index in [0.717, 1.165) is 27.7 Å². The third kappa shape index (κ3) is 10.8. The molecule has 0 atom stereocenters. The van der Waals surface area contributed by atoms with Gasteiger partial charge in [-0.15, -0.1) is 0 Å². The Morgan fingerprint density at radius 2 is 1.81 bits per heavy atom. The minimum absolute atomic E-state index is 0.418. The number of nitrogens with zero attached hydrogens (tertiary/aromatic N) is 1. The van der Waals surface area contributed by atoms with Crippen LogP contribution in [-0.2, 0) is 16.0 Å². The maximum absolute atomic E-state index is 10.7. The second kappa shape index (κ2) is 12.5. The number of aliphatic carboxylic acids is 1. The molecule has 4 N–H and O–H groups in total. The summed E-state index contributed by atoms with van der Waals surface area (Å²) in [5.41, 5.74) is 5.02. The normalized spacial score (nSPS) is 10.3. The highest BCUT2D eigenvalue weighted by molar-refractivity contribution is 9.11. The molecule has 0 radical (unpaired) electrons. The Bertz CT molecular complexity index is 671. The first-order valence-electron chi connectivity index (χ1n) is 7.39. The zero-order valence-electron chi connectivity index (χ0n) is 13.9. The van der Waals surface area contributed by atoms with Gasteiger partial charge < -0.3 is 25.7 Å². The molecule has 0 aromatic heterocycles. The second-order valence-corrected chi connectivity index (χ2v) is 6.56. The van der Waals surface area contributed by atoms with Crippen molar-refractivity contribution in [3.63, 3.8) is 0 Å². The number of nitriles is 1. The largest absolute Gasteiger partial charge is 0.542 e. The Morgan fingerprint density at radius 1 is 1.30 bits per heavy atom. The van der Waals surface area contributed by atoms with Crippen LogP contribution in [0.1, 0.15) is 12.0 Å². The molecular formula is C15H16Br2F3N3O4. The highest BCUT2D eigenvalue weighted by atomic mass is 79.9. The molecule has 1 amide bonds. The molecule has 12 heteroatoms. The van der Waals surface area contributed by atoms with E-state index in [-0.39, 0.29) is 0 Å². The van der Waals surface area contributed by atoms with Crippen LogP contribution in [0.3, 0.4) is 0 Å². The molecule has 7 nitrogen and oxygen atoms in total. The first-order chi connectivity index (χ1) is 12.5. The summed E-state index contributed by atoms with van der Waals surface area (Å²) in [5, 5.41) is 19.5. The van der Waals surface area contributed by atoms with Crippen molar-refractivity contribution in [2.75, 3.05) is 19.7 Å². The fraction of sp³-hybridized carbons (Fsp3) is 0.400. The SMILES string of the molecule is N#CC(=O)NCCCOc1c(Br)cc(CC[NH3+])cc1Br.O=C([O-])C(F)(F)F. The summed E-state index contributed by atoms with van der Waals surface area (Å²) in [6.07, 6.45) is -3.65. The second-order valence-electron chi connectivity index (χ2n) is 4.85. The van der Waals surface area contributed by atoms with Crippen LogP contribution >= 0.6 is 31.9 Å². The summed E-state index contributed by atoms with van der Waals surface area (Å²) < 4.78 is 39.0. The molecule has 150 valence electrons. The molecule has 0 saturated carbocycles. The van der Waals surface area contributed by atoms with Gasteiger partial charge in [-0.3, -0.25) is 4.79 Å². The van der Waals surface area contributed by atoms with E-state index in [1.807, 2.05) is 12.1 Å². The molecule has 1 aromatic rings. The van der Waals surface area contributed by atoms with Gasteiger partial charge in [0.1, 0.15) is 11.7 Å². The number of alkyl halides is 3. The summed E-state index contributed by atoms with van der Waals surface area (Å²) in [6, 6.07) is 5.53. The number of carboxylic acid groups (broad SMARTS) is 1. The molecule has 0 bridgehead atoms. The van der Waals surface area contributed by atoms with Crippen LogP contribution in [0.2, 0.25) is 0 Å². The maximum Gasteiger partial charge on any atom is 0.430 e. The Kier molecular flexibility index (Phi) is 11.7. The first-order valence-corrected chi connectivity index (χ1v) is 8.97. The number of quaternary nitrogens is 1. The average Bonchev–Trinajstić information content (AvgIpc) is 2.56. The van der Waals surface area contributed by atoms with Crippen molar-refractivity contribution < 1.29 is 38.3 Å². The summed E-state index contributed by atoms with van der Waals surface area (Å²) in [6.45, 7) is 1.72. The number of nitrogens with one attached hydrogen (secondary N) is 1. The lowest BCUT2D eigenvalue weighted by Gasteiger charge is -2.12.